The maximum absolute atomic E-state index is 12.4. The number of amides is 2. The van der Waals surface area contributed by atoms with Gasteiger partial charge in [0.1, 0.15) is 0 Å². The summed E-state index contributed by atoms with van der Waals surface area (Å²) in [4.78, 5) is 24.1. The zero-order valence-corrected chi connectivity index (χ0v) is 15.8. The molecule has 1 aliphatic rings. The molecule has 2 aromatic carbocycles. The maximum Gasteiger partial charge on any atom is 0.242 e. The van der Waals surface area contributed by atoms with Gasteiger partial charge >= 0.3 is 0 Å². The van der Waals surface area contributed by atoms with Gasteiger partial charge in [-0.15, -0.1) is 0 Å². The van der Waals surface area contributed by atoms with Gasteiger partial charge in [-0.1, -0.05) is 41.9 Å². The minimum atomic E-state index is -0.295. The first-order valence-corrected chi connectivity index (χ1v) is 9.46. The molecule has 0 saturated heterocycles. The van der Waals surface area contributed by atoms with E-state index in [1.165, 1.54) is 0 Å². The molecular weight excluding hydrogens is 376 g/mol. The Balaban J connectivity index is 1.58. The summed E-state index contributed by atoms with van der Waals surface area (Å²) in [7, 11) is 0. The second kappa shape index (κ2) is 7.86. The number of hydrazine groups is 1. The summed E-state index contributed by atoms with van der Waals surface area (Å²) in [5, 5.41) is 5.31. The summed E-state index contributed by atoms with van der Waals surface area (Å²) < 4.78 is 1.75. The van der Waals surface area contributed by atoms with Crippen LogP contribution in [0.4, 0.5) is 0 Å². The SMILES string of the molecule is O=C(Cc1cn(-c2ccccc2)nc1-c1ccc(Cl)cc1)NNC(=O)C1CC1. The highest BCUT2D eigenvalue weighted by Gasteiger charge is 2.29. The fourth-order valence-corrected chi connectivity index (χ4v) is 3.02. The number of nitrogens with one attached hydrogen (secondary N) is 2. The van der Waals surface area contributed by atoms with Crippen LogP contribution in [0.25, 0.3) is 16.9 Å². The maximum atomic E-state index is 12.4. The highest BCUT2D eigenvalue weighted by molar-refractivity contribution is 6.30. The third kappa shape index (κ3) is 4.23. The predicted molar refractivity (Wildman–Crippen MR) is 107 cm³/mol. The van der Waals surface area contributed by atoms with Crippen LogP contribution in [0.5, 0.6) is 0 Å². The van der Waals surface area contributed by atoms with E-state index in [0.29, 0.717) is 10.7 Å². The number of carbonyl (C=O) groups excluding carboxylic acids is 2. The monoisotopic (exact) mass is 394 g/mol. The third-order valence-corrected chi connectivity index (χ3v) is 4.80. The number of halogens is 1. The van der Waals surface area contributed by atoms with Crippen molar-refractivity contribution in [1.29, 1.82) is 0 Å². The molecule has 7 heteroatoms. The van der Waals surface area contributed by atoms with Crippen LogP contribution in [-0.4, -0.2) is 21.6 Å². The van der Waals surface area contributed by atoms with Crippen molar-refractivity contribution < 1.29 is 9.59 Å². The van der Waals surface area contributed by atoms with Crippen LogP contribution >= 0.6 is 11.6 Å². The standard InChI is InChI=1S/C21H19ClN4O2/c22-17-10-8-14(9-11-17)20-16(12-19(27)23-24-21(28)15-6-7-15)13-26(25-20)18-4-2-1-3-5-18/h1-5,8-11,13,15H,6-7,12H2,(H,23,27)(H,24,28). The number of rotatable bonds is 5. The van der Waals surface area contributed by atoms with E-state index in [9.17, 15) is 9.59 Å². The fraction of sp³-hybridized carbons (Fsp3) is 0.190. The summed E-state index contributed by atoms with van der Waals surface area (Å²) in [6.07, 6.45) is 3.69. The van der Waals surface area contributed by atoms with Crippen LogP contribution in [-0.2, 0) is 16.0 Å². The number of carbonyl (C=O) groups is 2. The van der Waals surface area contributed by atoms with Gasteiger partial charge in [-0.05, 0) is 37.1 Å². The van der Waals surface area contributed by atoms with Crippen molar-refractivity contribution in [2.24, 2.45) is 5.92 Å². The molecule has 1 saturated carbocycles. The van der Waals surface area contributed by atoms with E-state index in [1.54, 1.807) is 16.8 Å². The second-order valence-corrected chi connectivity index (χ2v) is 7.21. The Morgan fingerprint density at radius 2 is 1.75 bits per heavy atom. The van der Waals surface area contributed by atoms with Gasteiger partial charge in [-0.2, -0.15) is 5.10 Å². The van der Waals surface area contributed by atoms with Crippen molar-refractivity contribution in [2.75, 3.05) is 0 Å². The molecule has 0 atom stereocenters. The zero-order chi connectivity index (χ0) is 19.5. The quantitative estimate of drug-likeness (QED) is 0.652. The average Bonchev–Trinajstić information content (AvgIpc) is 3.49. The lowest BCUT2D eigenvalue weighted by Crippen LogP contribution is -2.43. The van der Waals surface area contributed by atoms with Crippen LogP contribution in [0, 0.1) is 5.92 Å². The van der Waals surface area contributed by atoms with Crippen LogP contribution in [0.15, 0.2) is 60.8 Å². The third-order valence-electron chi connectivity index (χ3n) is 4.55. The Kier molecular flexibility index (Phi) is 5.12. The minimum absolute atomic E-state index is 0.0331. The molecule has 0 aliphatic heterocycles. The summed E-state index contributed by atoms with van der Waals surface area (Å²) in [6, 6.07) is 17.0. The highest BCUT2D eigenvalue weighted by atomic mass is 35.5. The topological polar surface area (TPSA) is 76.0 Å². The Bertz CT molecular complexity index is 995. The molecule has 2 N–H and O–H groups in total. The second-order valence-electron chi connectivity index (χ2n) is 6.78. The number of para-hydroxylation sites is 1. The van der Waals surface area contributed by atoms with Crippen molar-refractivity contribution in [3.63, 3.8) is 0 Å². The van der Waals surface area contributed by atoms with E-state index in [4.69, 9.17) is 11.6 Å². The van der Waals surface area contributed by atoms with Crippen LogP contribution in [0.3, 0.4) is 0 Å². The summed E-state index contributed by atoms with van der Waals surface area (Å²) in [5.74, 6) is -0.395. The van der Waals surface area contributed by atoms with Crippen molar-refractivity contribution in [1.82, 2.24) is 20.6 Å². The molecule has 2 amide bonds. The van der Waals surface area contributed by atoms with E-state index in [2.05, 4.69) is 16.0 Å². The smallest absolute Gasteiger partial charge is 0.242 e. The summed E-state index contributed by atoms with van der Waals surface area (Å²) in [6.45, 7) is 0. The van der Waals surface area contributed by atoms with Gasteiger partial charge in [-0.25, -0.2) is 4.68 Å². The van der Waals surface area contributed by atoms with Crippen molar-refractivity contribution in [2.45, 2.75) is 19.3 Å². The lowest BCUT2D eigenvalue weighted by molar-refractivity contribution is -0.129. The van der Waals surface area contributed by atoms with Gasteiger partial charge < -0.3 is 0 Å². The Morgan fingerprint density at radius 1 is 1.04 bits per heavy atom. The van der Waals surface area contributed by atoms with Gasteiger partial charge in [0, 0.05) is 28.3 Å². The van der Waals surface area contributed by atoms with Crippen LogP contribution < -0.4 is 10.9 Å². The molecule has 28 heavy (non-hydrogen) atoms. The van der Waals surface area contributed by atoms with E-state index >= 15 is 0 Å². The van der Waals surface area contributed by atoms with Crippen LogP contribution in [0.2, 0.25) is 5.02 Å². The average molecular weight is 395 g/mol. The van der Waals surface area contributed by atoms with Crippen molar-refractivity contribution >= 4 is 23.4 Å². The largest absolute Gasteiger partial charge is 0.273 e. The molecule has 1 heterocycles. The zero-order valence-electron chi connectivity index (χ0n) is 15.1. The predicted octanol–water partition coefficient (Wildman–Crippen LogP) is 3.29. The normalized spacial score (nSPS) is 13.2. The lowest BCUT2D eigenvalue weighted by Gasteiger charge is -2.07. The van der Waals surface area contributed by atoms with E-state index in [1.807, 2.05) is 48.7 Å². The number of hydrogen-bond acceptors (Lipinski definition) is 3. The number of hydrogen-bond donors (Lipinski definition) is 2. The number of aromatic nitrogens is 2. The Labute approximate surface area is 167 Å². The number of nitrogens with zero attached hydrogens (tertiary/aromatic N) is 2. The Hall–Kier alpha value is -3.12. The Morgan fingerprint density at radius 3 is 2.43 bits per heavy atom. The van der Waals surface area contributed by atoms with Crippen molar-refractivity contribution in [3.8, 4) is 16.9 Å². The number of benzene rings is 2. The van der Waals surface area contributed by atoms with E-state index in [0.717, 1.165) is 29.7 Å². The highest BCUT2D eigenvalue weighted by Crippen LogP contribution is 2.28. The van der Waals surface area contributed by atoms with Gasteiger partial charge in [0.25, 0.3) is 0 Å². The molecule has 4 rings (SSSR count). The lowest BCUT2D eigenvalue weighted by atomic mass is 10.1. The minimum Gasteiger partial charge on any atom is -0.273 e. The molecule has 0 spiro atoms. The first-order chi connectivity index (χ1) is 13.6. The van der Waals surface area contributed by atoms with Gasteiger partial charge in [0.05, 0.1) is 17.8 Å². The molecule has 0 bridgehead atoms. The van der Waals surface area contributed by atoms with Gasteiger partial charge in [-0.3, -0.25) is 20.4 Å². The molecule has 1 aliphatic carbocycles. The first-order valence-electron chi connectivity index (χ1n) is 9.09. The summed E-state index contributed by atoms with van der Waals surface area (Å²) >= 11 is 6.00. The first kappa shape index (κ1) is 18.3. The summed E-state index contributed by atoms with van der Waals surface area (Å²) in [5.41, 5.74) is 8.19. The molecule has 1 fully saturated rings. The molecule has 0 unspecified atom stereocenters. The molecule has 1 aromatic heterocycles. The van der Waals surface area contributed by atoms with E-state index < -0.39 is 0 Å². The van der Waals surface area contributed by atoms with Gasteiger partial charge in [0.15, 0.2) is 0 Å². The molecular formula is C21H19ClN4O2. The fourth-order valence-electron chi connectivity index (χ4n) is 2.90. The molecule has 6 nitrogen and oxygen atoms in total. The van der Waals surface area contributed by atoms with Crippen LogP contribution in [0.1, 0.15) is 18.4 Å². The molecule has 0 radical (unpaired) electrons. The van der Waals surface area contributed by atoms with Gasteiger partial charge in [0.2, 0.25) is 11.8 Å². The molecule has 3 aromatic rings. The molecule has 142 valence electrons. The van der Waals surface area contributed by atoms with Crippen molar-refractivity contribution in [3.05, 3.63) is 71.4 Å². The van der Waals surface area contributed by atoms with E-state index in [-0.39, 0.29) is 24.2 Å².